The lowest BCUT2D eigenvalue weighted by Gasteiger charge is -2.37. The van der Waals surface area contributed by atoms with Crippen LogP contribution >= 0.6 is 0 Å². The minimum Gasteiger partial charge on any atom is -0.438 e. The van der Waals surface area contributed by atoms with Crippen LogP contribution in [0, 0.1) is 5.92 Å². The summed E-state index contributed by atoms with van der Waals surface area (Å²) < 4.78 is 22.5. The Bertz CT molecular complexity index is 549. The van der Waals surface area contributed by atoms with Crippen LogP contribution in [0.15, 0.2) is 12.7 Å². The van der Waals surface area contributed by atoms with Crippen molar-refractivity contribution in [2.24, 2.45) is 5.92 Å². The average Bonchev–Trinajstić information content (AvgIpc) is 3.01. The topological polar surface area (TPSA) is 94.5 Å². The minimum absolute atomic E-state index is 0.288. The molecule has 134 valence electrons. The van der Waals surface area contributed by atoms with Crippen molar-refractivity contribution in [3.8, 4) is 0 Å². The van der Waals surface area contributed by atoms with Crippen LogP contribution in [0.4, 0.5) is 4.79 Å². The van der Waals surface area contributed by atoms with Crippen molar-refractivity contribution in [3.63, 3.8) is 0 Å². The van der Waals surface area contributed by atoms with Gasteiger partial charge in [0.05, 0.1) is 18.6 Å². The summed E-state index contributed by atoms with van der Waals surface area (Å²) in [6, 6.07) is 0. The third-order valence-electron chi connectivity index (χ3n) is 4.64. The number of amides is 2. The summed E-state index contributed by atoms with van der Waals surface area (Å²) in [6.07, 6.45) is -2.68. The fourth-order valence-electron chi connectivity index (χ4n) is 3.36. The molecule has 1 N–H and O–H groups in total. The van der Waals surface area contributed by atoms with Crippen molar-refractivity contribution >= 4 is 12.0 Å². The second-order valence-corrected chi connectivity index (χ2v) is 6.66. The summed E-state index contributed by atoms with van der Waals surface area (Å²) in [4.78, 5) is 25.9. The number of fused-ring (bicyclic) bond motifs is 3. The third kappa shape index (κ3) is 2.73. The van der Waals surface area contributed by atoms with Crippen LogP contribution in [0.3, 0.4) is 0 Å². The van der Waals surface area contributed by atoms with E-state index in [0.717, 1.165) is 4.90 Å². The number of nitrogens with zero attached hydrogens (tertiary/aromatic N) is 1. The van der Waals surface area contributed by atoms with E-state index in [1.165, 1.54) is 6.08 Å². The molecule has 3 rings (SSSR count). The van der Waals surface area contributed by atoms with E-state index in [4.69, 9.17) is 18.9 Å². The molecule has 0 aromatic rings. The summed E-state index contributed by atoms with van der Waals surface area (Å²) in [5, 5.41) is 9.95. The van der Waals surface area contributed by atoms with Crippen LogP contribution in [0.2, 0.25) is 0 Å². The number of imide groups is 1. The highest BCUT2D eigenvalue weighted by Crippen LogP contribution is 2.40. The Labute approximate surface area is 140 Å². The Morgan fingerprint density at radius 1 is 1.50 bits per heavy atom. The molecule has 0 aromatic heterocycles. The number of hydrogen-bond acceptors (Lipinski definition) is 7. The van der Waals surface area contributed by atoms with Gasteiger partial charge in [0.15, 0.2) is 18.1 Å². The summed E-state index contributed by atoms with van der Waals surface area (Å²) in [5.41, 5.74) is 0. The van der Waals surface area contributed by atoms with Crippen molar-refractivity contribution in [3.05, 3.63) is 12.7 Å². The van der Waals surface area contributed by atoms with Crippen molar-refractivity contribution in [1.29, 1.82) is 0 Å². The van der Waals surface area contributed by atoms with E-state index in [9.17, 15) is 14.7 Å². The summed E-state index contributed by atoms with van der Waals surface area (Å²) in [5.74, 6) is -2.14. The van der Waals surface area contributed by atoms with E-state index in [2.05, 4.69) is 6.58 Å². The molecule has 3 fully saturated rings. The van der Waals surface area contributed by atoms with Gasteiger partial charge in [-0.25, -0.2) is 9.69 Å². The van der Waals surface area contributed by atoms with E-state index >= 15 is 0 Å². The largest absolute Gasteiger partial charge is 0.438 e. The van der Waals surface area contributed by atoms with E-state index in [1.807, 2.05) is 0 Å². The second-order valence-electron chi connectivity index (χ2n) is 6.66. The zero-order valence-electron chi connectivity index (χ0n) is 14.0. The standard InChI is InChI=1S/C16H23NO7/c1-5-8(9(18)6-2)13(19)17-14-12(23-15(17)20)11-10(22-14)7-21-16(3,4)24-11/h6,8-12,14,18H,2,5,7H2,1,3-4H3/t8-,9+,10-,11+,12-,14+/m1/s1. The SMILES string of the molecule is C=C[C@H](O)[C@@H](CC)C(=O)N1C(=O)O[C@@H]2[C@H]3OC(C)(C)OC[C@H]3O[C@@H]21. The molecule has 8 heteroatoms. The zero-order valence-corrected chi connectivity index (χ0v) is 14.0. The van der Waals surface area contributed by atoms with Gasteiger partial charge in [-0.3, -0.25) is 4.79 Å². The Kier molecular flexibility index (Phi) is 4.41. The molecule has 0 spiro atoms. The Morgan fingerprint density at radius 2 is 2.21 bits per heavy atom. The highest BCUT2D eigenvalue weighted by atomic mass is 16.8. The van der Waals surface area contributed by atoms with Gasteiger partial charge in [0, 0.05) is 0 Å². The number of hydrogen-bond donors (Lipinski definition) is 1. The van der Waals surface area contributed by atoms with Gasteiger partial charge >= 0.3 is 6.09 Å². The summed E-state index contributed by atoms with van der Waals surface area (Å²) in [6.45, 7) is 9.07. The smallest absolute Gasteiger partial charge is 0.419 e. The maximum Gasteiger partial charge on any atom is 0.419 e. The molecule has 2 amide bonds. The van der Waals surface area contributed by atoms with Gasteiger partial charge in [-0.2, -0.15) is 0 Å². The van der Waals surface area contributed by atoms with Crippen LogP contribution in [0.5, 0.6) is 0 Å². The molecule has 0 bridgehead atoms. The fourth-order valence-corrected chi connectivity index (χ4v) is 3.36. The van der Waals surface area contributed by atoms with E-state index in [-0.39, 0.29) is 6.61 Å². The first-order chi connectivity index (χ1) is 11.3. The molecule has 0 aliphatic carbocycles. The first-order valence-corrected chi connectivity index (χ1v) is 8.10. The van der Waals surface area contributed by atoms with Gasteiger partial charge in [-0.05, 0) is 20.3 Å². The molecular weight excluding hydrogens is 318 g/mol. The predicted molar refractivity (Wildman–Crippen MR) is 80.7 cm³/mol. The van der Waals surface area contributed by atoms with Gasteiger partial charge in [0.2, 0.25) is 5.91 Å². The number of rotatable bonds is 4. The van der Waals surface area contributed by atoms with E-state index < -0.39 is 54.3 Å². The highest BCUT2D eigenvalue weighted by molar-refractivity contribution is 5.95. The lowest BCUT2D eigenvalue weighted by atomic mass is 9.97. The Morgan fingerprint density at radius 3 is 2.83 bits per heavy atom. The molecule has 3 aliphatic heterocycles. The average molecular weight is 341 g/mol. The monoisotopic (exact) mass is 341 g/mol. The highest BCUT2D eigenvalue weighted by Gasteiger charge is 2.61. The number of carbonyl (C=O) groups excluding carboxylic acids is 2. The van der Waals surface area contributed by atoms with Crippen molar-refractivity contribution in [2.75, 3.05) is 6.61 Å². The van der Waals surface area contributed by atoms with Crippen molar-refractivity contribution < 1.29 is 33.6 Å². The van der Waals surface area contributed by atoms with E-state index in [1.54, 1.807) is 20.8 Å². The minimum atomic E-state index is -1.04. The van der Waals surface area contributed by atoms with Gasteiger partial charge in [0.1, 0.15) is 12.2 Å². The molecule has 3 aliphatic rings. The first-order valence-electron chi connectivity index (χ1n) is 8.10. The normalized spacial score (nSPS) is 36.5. The molecule has 24 heavy (non-hydrogen) atoms. The summed E-state index contributed by atoms with van der Waals surface area (Å²) in [7, 11) is 0. The van der Waals surface area contributed by atoms with E-state index in [0.29, 0.717) is 6.42 Å². The van der Waals surface area contributed by atoms with Crippen LogP contribution in [0.25, 0.3) is 0 Å². The lowest BCUT2D eigenvalue weighted by molar-refractivity contribution is -0.301. The van der Waals surface area contributed by atoms with Crippen molar-refractivity contribution in [1.82, 2.24) is 4.90 Å². The predicted octanol–water partition coefficient (Wildman–Crippen LogP) is 0.783. The third-order valence-corrected chi connectivity index (χ3v) is 4.64. The molecule has 0 saturated carbocycles. The van der Waals surface area contributed by atoms with Gasteiger partial charge in [-0.15, -0.1) is 6.58 Å². The van der Waals surface area contributed by atoms with Crippen LogP contribution in [0.1, 0.15) is 27.2 Å². The van der Waals surface area contributed by atoms with Gasteiger partial charge in [-0.1, -0.05) is 13.0 Å². The van der Waals surface area contributed by atoms with Gasteiger partial charge < -0.3 is 24.1 Å². The molecule has 6 atom stereocenters. The number of ether oxygens (including phenoxy) is 4. The van der Waals surface area contributed by atoms with Crippen LogP contribution in [-0.4, -0.2) is 65.0 Å². The Balaban J connectivity index is 1.81. The Hall–Kier alpha value is -1.48. The van der Waals surface area contributed by atoms with Gasteiger partial charge in [0.25, 0.3) is 0 Å². The number of carbonyl (C=O) groups is 2. The maximum absolute atomic E-state index is 12.7. The molecule has 0 radical (unpaired) electrons. The quantitative estimate of drug-likeness (QED) is 0.755. The lowest BCUT2D eigenvalue weighted by Crippen LogP contribution is -2.50. The molecular formula is C16H23NO7. The molecule has 8 nitrogen and oxygen atoms in total. The number of aliphatic hydroxyl groups is 1. The van der Waals surface area contributed by atoms with Crippen LogP contribution < -0.4 is 0 Å². The first kappa shape index (κ1) is 17.3. The zero-order chi connectivity index (χ0) is 17.6. The molecule has 3 saturated heterocycles. The molecule has 3 heterocycles. The molecule has 0 unspecified atom stereocenters. The maximum atomic E-state index is 12.7. The second kappa shape index (κ2) is 6.11. The van der Waals surface area contributed by atoms with Crippen molar-refractivity contribution in [2.45, 2.75) is 63.6 Å². The summed E-state index contributed by atoms with van der Waals surface area (Å²) >= 11 is 0. The molecule has 0 aromatic carbocycles. The fraction of sp³-hybridized carbons (Fsp3) is 0.750. The van der Waals surface area contributed by atoms with Crippen LogP contribution in [-0.2, 0) is 23.7 Å². The number of aliphatic hydroxyl groups excluding tert-OH is 1.